The van der Waals surface area contributed by atoms with Crippen LogP contribution in [-0.4, -0.2) is 23.2 Å². The van der Waals surface area contributed by atoms with Gasteiger partial charge in [-0.3, -0.25) is 0 Å². The fourth-order valence-electron chi connectivity index (χ4n) is 2.36. The van der Waals surface area contributed by atoms with Crippen LogP contribution in [0.25, 0.3) is 10.7 Å². The molecule has 1 aliphatic heterocycles. The molecule has 0 amide bonds. The van der Waals surface area contributed by atoms with Gasteiger partial charge in [0, 0.05) is 6.42 Å². The number of piperidine rings is 1. The van der Waals surface area contributed by atoms with Crippen molar-refractivity contribution in [2.45, 2.75) is 25.7 Å². The predicted octanol–water partition coefficient (Wildman–Crippen LogP) is 2.73. The van der Waals surface area contributed by atoms with E-state index in [9.17, 15) is 0 Å². The third-order valence-corrected chi connectivity index (χ3v) is 4.24. The molecule has 3 rings (SSSR count). The van der Waals surface area contributed by atoms with Crippen LogP contribution in [0.3, 0.4) is 0 Å². The molecule has 1 saturated heterocycles. The molecular formula is C13H17N3OS. The number of hydrogen-bond acceptors (Lipinski definition) is 5. The van der Waals surface area contributed by atoms with E-state index in [1.807, 2.05) is 17.5 Å². The summed E-state index contributed by atoms with van der Waals surface area (Å²) in [5, 5.41) is 9.49. The molecule has 4 nitrogen and oxygen atoms in total. The maximum absolute atomic E-state index is 5.30. The second kappa shape index (κ2) is 5.63. The zero-order valence-electron chi connectivity index (χ0n) is 10.3. The van der Waals surface area contributed by atoms with Crippen LogP contribution >= 0.6 is 11.3 Å². The number of thiophene rings is 1. The van der Waals surface area contributed by atoms with Crippen molar-refractivity contribution in [1.29, 1.82) is 0 Å². The Balaban J connectivity index is 1.57. The topological polar surface area (TPSA) is 51.0 Å². The first-order valence-corrected chi connectivity index (χ1v) is 7.37. The van der Waals surface area contributed by atoms with Gasteiger partial charge in [0.05, 0.1) is 4.88 Å². The third kappa shape index (κ3) is 2.79. The minimum atomic E-state index is 0.724. The third-order valence-electron chi connectivity index (χ3n) is 3.38. The maximum atomic E-state index is 5.30. The molecule has 2 aromatic heterocycles. The Morgan fingerprint density at radius 3 is 3.28 bits per heavy atom. The lowest BCUT2D eigenvalue weighted by atomic mass is 9.95. The summed E-state index contributed by atoms with van der Waals surface area (Å²) in [4.78, 5) is 5.52. The van der Waals surface area contributed by atoms with Crippen molar-refractivity contribution in [3.63, 3.8) is 0 Å². The Labute approximate surface area is 110 Å². The van der Waals surface area contributed by atoms with Crippen molar-refractivity contribution in [3.8, 4) is 10.7 Å². The highest BCUT2D eigenvalue weighted by atomic mass is 32.1. The van der Waals surface area contributed by atoms with E-state index < -0.39 is 0 Å². The van der Waals surface area contributed by atoms with Gasteiger partial charge in [0.1, 0.15) is 0 Å². The molecule has 1 unspecified atom stereocenters. The van der Waals surface area contributed by atoms with Gasteiger partial charge in [0.2, 0.25) is 11.7 Å². The molecule has 0 bridgehead atoms. The van der Waals surface area contributed by atoms with Crippen LogP contribution in [0.2, 0.25) is 0 Å². The van der Waals surface area contributed by atoms with Crippen molar-refractivity contribution in [3.05, 3.63) is 23.4 Å². The number of nitrogens with zero attached hydrogens (tertiary/aromatic N) is 2. The summed E-state index contributed by atoms with van der Waals surface area (Å²) in [5.41, 5.74) is 0. The Morgan fingerprint density at radius 1 is 1.50 bits per heavy atom. The molecular weight excluding hydrogens is 246 g/mol. The Hall–Kier alpha value is -1.20. The van der Waals surface area contributed by atoms with E-state index in [2.05, 4.69) is 15.5 Å². The molecule has 0 aromatic carbocycles. The molecule has 2 aromatic rings. The molecule has 5 heteroatoms. The highest BCUT2D eigenvalue weighted by molar-refractivity contribution is 7.13. The summed E-state index contributed by atoms with van der Waals surface area (Å²) >= 11 is 1.64. The number of aryl methyl sites for hydroxylation is 1. The number of hydrogen-bond donors (Lipinski definition) is 1. The van der Waals surface area contributed by atoms with Crippen LogP contribution in [0.15, 0.2) is 22.0 Å². The number of nitrogens with one attached hydrogen (secondary N) is 1. The molecule has 1 aliphatic rings. The van der Waals surface area contributed by atoms with E-state index in [0.717, 1.165) is 41.9 Å². The maximum Gasteiger partial charge on any atom is 0.226 e. The van der Waals surface area contributed by atoms with Gasteiger partial charge in [-0.15, -0.1) is 11.3 Å². The normalized spacial score (nSPS) is 20.1. The summed E-state index contributed by atoms with van der Waals surface area (Å²) in [6.07, 6.45) is 4.64. The highest BCUT2D eigenvalue weighted by Crippen LogP contribution is 2.22. The molecule has 96 valence electrons. The SMILES string of the molecule is c1csc(-c2noc(CCC3CCCNC3)n2)c1. The van der Waals surface area contributed by atoms with Crippen molar-refractivity contribution >= 4 is 11.3 Å². The van der Waals surface area contributed by atoms with E-state index in [1.165, 1.54) is 19.4 Å². The van der Waals surface area contributed by atoms with Gasteiger partial charge in [-0.25, -0.2) is 0 Å². The van der Waals surface area contributed by atoms with Gasteiger partial charge in [-0.05, 0) is 49.7 Å². The minimum Gasteiger partial charge on any atom is -0.339 e. The zero-order valence-corrected chi connectivity index (χ0v) is 11.1. The summed E-state index contributed by atoms with van der Waals surface area (Å²) in [5.74, 6) is 2.25. The fourth-order valence-corrected chi connectivity index (χ4v) is 3.01. The van der Waals surface area contributed by atoms with Gasteiger partial charge >= 0.3 is 0 Å². The van der Waals surface area contributed by atoms with E-state index in [1.54, 1.807) is 11.3 Å². The summed E-state index contributed by atoms with van der Waals surface area (Å²) < 4.78 is 5.30. The smallest absolute Gasteiger partial charge is 0.226 e. The van der Waals surface area contributed by atoms with Crippen molar-refractivity contribution in [2.24, 2.45) is 5.92 Å². The van der Waals surface area contributed by atoms with E-state index in [0.29, 0.717) is 0 Å². The summed E-state index contributed by atoms with van der Waals surface area (Å²) in [6.45, 7) is 2.30. The molecule has 1 N–H and O–H groups in total. The summed E-state index contributed by atoms with van der Waals surface area (Å²) in [7, 11) is 0. The number of aromatic nitrogens is 2. The van der Waals surface area contributed by atoms with Gasteiger partial charge in [-0.1, -0.05) is 11.2 Å². The van der Waals surface area contributed by atoms with Gasteiger partial charge in [-0.2, -0.15) is 4.98 Å². The van der Waals surface area contributed by atoms with Gasteiger partial charge in [0.15, 0.2) is 0 Å². The summed E-state index contributed by atoms with van der Waals surface area (Å²) in [6, 6.07) is 4.02. The second-order valence-corrected chi connectivity index (χ2v) is 5.69. The lowest BCUT2D eigenvalue weighted by molar-refractivity contribution is 0.327. The second-order valence-electron chi connectivity index (χ2n) is 4.74. The van der Waals surface area contributed by atoms with Crippen LogP contribution in [0, 0.1) is 5.92 Å². The molecule has 0 spiro atoms. The lowest BCUT2D eigenvalue weighted by Gasteiger charge is -2.21. The first-order valence-electron chi connectivity index (χ1n) is 6.49. The quantitative estimate of drug-likeness (QED) is 0.921. The Morgan fingerprint density at radius 2 is 2.50 bits per heavy atom. The fraction of sp³-hybridized carbons (Fsp3) is 0.538. The average molecular weight is 263 g/mol. The minimum absolute atomic E-state index is 0.724. The monoisotopic (exact) mass is 263 g/mol. The molecule has 3 heterocycles. The largest absolute Gasteiger partial charge is 0.339 e. The average Bonchev–Trinajstić information content (AvgIpc) is 3.08. The molecule has 18 heavy (non-hydrogen) atoms. The van der Waals surface area contributed by atoms with E-state index in [4.69, 9.17) is 4.52 Å². The first kappa shape index (κ1) is 11.9. The molecule has 0 aliphatic carbocycles. The van der Waals surface area contributed by atoms with Crippen LogP contribution in [0.5, 0.6) is 0 Å². The van der Waals surface area contributed by atoms with Crippen LogP contribution < -0.4 is 5.32 Å². The van der Waals surface area contributed by atoms with Crippen LogP contribution in [0.1, 0.15) is 25.2 Å². The molecule has 1 atom stereocenters. The van der Waals surface area contributed by atoms with Gasteiger partial charge in [0.25, 0.3) is 0 Å². The van der Waals surface area contributed by atoms with Crippen molar-refractivity contribution < 1.29 is 4.52 Å². The molecule has 1 fully saturated rings. The predicted molar refractivity (Wildman–Crippen MR) is 71.5 cm³/mol. The zero-order chi connectivity index (χ0) is 12.2. The van der Waals surface area contributed by atoms with Crippen molar-refractivity contribution in [1.82, 2.24) is 15.5 Å². The van der Waals surface area contributed by atoms with Crippen LogP contribution in [0.4, 0.5) is 0 Å². The molecule has 0 radical (unpaired) electrons. The van der Waals surface area contributed by atoms with E-state index in [-0.39, 0.29) is 0 Å². The molecule has 0 saturated carbocycles. The first-order chi connectivity index (χ1) is 8.92. The Bertz CT molecular complexity index is 474. The van der Waals surface area contributed by atoms with E-state index >= 15 is 0 Å². The Kier molecular flexibility index (Phi) is 3.71. The van der Waals surface area contributed by atoms with Crippen molar-refractivity contribution in [2.75, 3.05) is 13.1 Å². The van der Waals surface area contributed by atoms with Crippen LogP contribution in [-0.2, 0) is 6.42 Å². The van der Waals surface area contributed by atoms with Gasteiger partial charge < -0.3 is 9.84 Å². The standard InChI is InChI=1S/C13H17N3OS/c1-3-10(9-14-7-1)5-6-12-15-13(16-17-12)11-4-2-8-18-11/h2,4,8,10,14H,1,3,5-7,9H2. The lowest BCUT2D eigenvalue weighted by Crippen LogP contribution is -2.29. The number of rotatable bonds is 4. The highest BCUT2D eigenvalue weighted by Gasteiger charge is 2.15.